The van der Waals surface area contributed by atoms with Gasteiger partial charge in [-0.1, -0.05) is 61.0 Å². The van der Waals surface area contributed by atoms with E-state index < -0.39 is 0 Å². The number of carbonyl (C=O) groups is 2. The number of para-hydroxylation sites is 2. The Morgan fingerprint density at radius 3 is 2.58 bits per heavy atom. The van der Waals surface area contributed by atoms with E-state index in [1.165, 1.54) is 4.90 Å². The molecule has 5 nitrogen and oxygen atoms in total. The summed E-state index contributed by atoms with van der Waals surface area (Å²) in [6.07, 6.45) is 1.02. The molecule has 1 aliphatic rings. The maximum Gasteiger partial charge on any atom is 0.244 e. The van der Waals surface area contributed by atoms with Crippen LogP contribution in [0.15, 0.2) is 77.8 Å². The first kappa shape index (κ1) is 20.5. The summed E-state index contributed by atoms with van der Waals surface area (Å²) in [5.74, 6) is -0.392. The predicted molar refractivity (Wildman–Crippen MR) is 125 cm³/mol. The quantitative estimate of drug-likeness (QED) is 0.638. The smallest absolute Gasteiger partial charge is 0.244 e. The highest BCUT2D eigenvalue weighted by Gasteiger charge is 2.26. The van der Waals surface area contributed by atoms with Gasteiger partial charge in [-0.15, -0.1) is 0 Å². The molecule has 0 unspecified atom stereocenters. The number of aliphatic imine (C=N–C) groups is 1. The number of carbonyl (C=O) groups excluding carboxylic acids is 2. The molecule has 0 radical (unpaired) electrons. The summed E-state index contributed by atoms with van der Waals surface area (Å²) in [5, 5.41) is 2.91. The molecule has 0 spiro atoms. The van der Waals surface area contributed by atoms with Crippen molar-refractivity contribution in [1.82, 2.24) is 0 Å². The minimum absolute atomic E-state index is 0.0666. The molecule has 3 aromatic carbocycles. The Bertz CT molecular complexity index is 1150. The third-order valence-corrected chi connectivity index (χ3v) is 5.35. The fourth-order valence-electron chi connectivity index (χ4n) is 3.64. The van der Waals surface area contributed by atoms with E-state index in [-0.39, 0.29) is 24.8 Å². The topological polar surface area (TPSA) is 61.8 Å². The lowest BCUT2D eigenvalue weighted by molar-refractivity contribution is -0.120. The van der Waals surface area contributed by atoms with Gasteiger partial charge in [-0.25, -0.2) is 0 Å². The Labute approximate surface area is 182 Å². The second kappa shape index (κ2) is 8.96. The summed E-state index contributed by atoms with van der Waals surface area (Å²) in [4.78, 5) is 32.3. The minimum atomic E-state index is -0.241. The lowest BCUT2D eigenvalue weighted by Crippen LogP contribution is -2.38. The number of hydrogen-bond donors (Lipinski definition) is 1. The Hall–Kier alpha value is -3.73. The first-order valence-corrected chi connectivity index (χ1v) is 10.5. The highest BCUT2D eigenvalue weighted by atomic mass is 16.2. The number of hydrogen-bond acceptors (Lipinski definition) is 3. The molecule has 0 bridgehead atoms. The van der Waals surface area contributed by atoms with Crippen LogP contribution in [0.25, 0.3) is 0 Å². The molecule has 156 valence electrons. The van der Waals surface area contributed by atoms with Crippen LogP contribution in [0.3, 0.4) is 0 Å². The number of anilines is 2. The predicted octanol–water partition coefficient (Wildman–Crippen LogP) is 5.05. The third-order valence-electron chi connectivity index (χ3n) is 5.35. The minimum Gasteiger partial charge on any atom is -0.325 e. The monoisotopic (exact) mass is 411 g/mol. The van der Waals surface area contributed by atoms with E-state index in [2.05, 4.69) is 12.2 Å². The summed E-state index contributed by atoms with van der Waals surface area (Å²) in [6, 6.07) is 23.2. The molecule has 2 amide bonds. The summed E-state index contributed by atoms with van der Waals surface area (Å²) in [7, 11) is 0. The van der Waals surface area contributed by atoms with Gasteiger partial charge in [-0.3, -0.25) is 14.6 Å². The van der Waals surface area contributed by atoms with E-state index in [4.69, 9.17) is 4.99 Å². The number of amides is 2. The van der Waals surface area contributed by atoms with Crippen LogP contribution in [0.2, 0.25) is 0 Å². The van der Waals surface area contributed by atoms with Crippen LogP contribution >= 0.6 is 0 Å². The standard InChI is InChI=1S/C26H25N3O2/c1-3-19-7-6-8-21(15-19)27-25(30)17-29-24-10-5-4-9-22(24)28-23(16-26(29)31)20-13-11-18(2)12-14-20/h4-15H,3,16-17H2,1-2H3,(H,27,30). The lowest BCUT2D eigenvalue weighted by Gasteiger charge is -2.22. The zero-order valence-electron chi connectivity index (χ0n) is 17.8. The summed E-state index contributed by atoms with van der Waals surface area (Å²) in [6.45, 7) is 4.03. The van der Waals surface area contributed by atoms with Crippen LogP contribution < -0.4 is 10.2 Å². The van der Waals surface area contributed by atoms with Crippen LogP contribution in [0.5, 0.6) is 0 Å². The van der Waals surface area contributed by atoms with Gasteiger partial charge in [0, 0.05) is 5.69 Å². The van der Waals surface area contributed by atoms with Gasteiger partial charge in [0.15, 0.2) is 0 Å². The first-order chi connectivity index (χ1) is 15.0. The van der Waals surface area contributed by atoms with Crippen molar-refractivity contribution in [3.8, 4) is 0 Å². The molecule has 1 aliphatic heterocycles. The molecule has 0 fully saturated rings. The van der Waals surface area contributed by atoms with Gasteiger partial charge >= 0.3 is 0 Å². The van der Waals surface area contributed by atoms with Gasteiger partial charge in [-0.2, -0.15) is 0 Å². The van der Waals surface area contributed by atoms with E-state index in [0.717, 1.165) is 28.8 Å². The van der Waals surface area contributed by atoms with E-state index in [9.17, 15) is 9.59 Å². The molecule has 31 heavy (non-hydrogen) atoms. The number of nitrogens with zero attached hydrogens (tertiary/aromatic N) is 2. The van der Waals surface area contributed by atoms with E-state index in [0.29, 0.717) is 17.1 Å². The third kappa shape index (κ3) is 4.72. The van der Waals surface area contributed by atoms with Gasteiger partial charge in [0.2, 0.25) is 11.8 Å². The molecule has 1 heterocycles. The maximum absolute atomic E-state index is 13.2. The van der Waals surface area contributed by atoms with Gasteiger partial charge in [-0.05, 0) is 48.7 Å². The van der Waals surface area contributed by atoms with E-state index in [1.807, 2.05) is 79.7 Å². The van der Waals surface area contributed by atoms with Crippen LogP contribution in [-0.2, 0) is 16.0 Å². The van der Waals surface area contributed by atoms with Gasteiger partial charge in [0.05, 0.1) is 23.5 Å². The van der Waals surface area contributed by atoms with Crippen molar-refractivity contribution in [2.24, 2.45) is 4.99 Å². The molecule has 0 aromatic heterocycles. The van der Waals surface area contributed by atoms with Crippen LogP contribution in [-0.4, -0.2) is 24.1 Å². The fraction of sp³-hybridized carbons (Fsp3) is 0.192. The normalized spacial score (nSPS) is 13.3. The maximum atomic E-state index is 13.2. The number of benzene rings is 3. The highest BCUT2D eigenvalue weighted by molar-refractivity contribution is 6.19. The molecule has 0 saturated carbocycles. The van der Waals surface area contributed by atoms with E-state index in [1.54, 1.807) is 0 Å². The Kier molecular flexibility index (Phi) is 5.94. The van der Waals surface area contributed by atoms with Crippen molar-refractivity contribution in [2.75, 3.05) is 16.8 Å². The molecule has 1 N–H and O–H groups in total. The Morgan fingerprint density at radius 2 is 1.81 bits per heavy atom. The summed E-state index contributed by atoms with van der Waals surface area (Å²) < 4.78 is 0. The van der Waals surface area contributed by atoms with Crippen molar-refractivity contribution in [3.63, 3.8) is 0 Å². The molecular weight excluding hydrogens is 386 g/mol. The van der Waals surface area contributed by atoms with E-state index >= 15 is 0 Å². The summed E-state index contributed by atoms with van der Waals surface area (Å²) >= 11 is 0. The van der Waals surface area contributed by atoms with Crippen molar-refractivity contribution < 1.29 is 9.59 Å². The lowest BCUT2D eigenvalue weighted by atomic mass is 10.1. The van der Waals surface area contributed by atoms with Crippen LogP contribution in [0.4, 0.5) is 17.1 Å². The second-order valence-corrected chi connectivity index (χ2v) is 7.67. The molecule has 0 atom stereocenters. The fourth-order valence-corrected chi connectivity index (χ4v) is 3.64. The molecule has 5 heteroatoms. The second-order valence-electron chi connectivity index (χ2n) is 7.67. The zero-order chi connectivity index (χ0) is 21.8. The van der Waals surface area contributed by atoms with Crippen molar-refractivity contribution in [1.29, 1.82) is 0 Å². The largest absolute Gasteiger partial charge is 0.325 e. The molecule has 0 aliphatic carbocycles. The van der Waals surface area contributed by atoms with Crippen molar-refractivity contribution in [2.45, 2.75) is 26.7 Å². The number of rotatable bonds is 5. The summed E-state index contributed by atoms with van der Waals surface area (Å²) in [5.41, 5.74) is 5.97. The Morgan fingerprint density at radius 1 is 1.03 bits per heavy atom. The SMILES string of the molecule is CCc1cccc(NC(=O)CN2C(=O)CC(c3ccc(C)cc3)=Nc3ccccc32)c1. The van der Waals surface area contributed by atoms with Crippen LogP contribution in [0, 0.1) is 6.92 Å². The number of nitrogens with one attached hydrogen (secondary N) is 1. The van der Waals surface area contributed by atoms with Crippen LogP contribution in [0.1, 0.15) is 30.0 Å². The Balaban J connectivity index is 1.59. The van der Waals surface area contributed by atoms with Crippen molar-refractivity contribution >= 4 is 34.6 Å². The molecular formula is C26H25N3O2. The van der Waals surface area contributed by atoms with Gasteiger partial charge in [0.25, 0.3) is 0 Å². The first-order valence-electron chi connectivity index (χ1n) is 10.5. The highest BCUT2D eigenvalue weighted by Crippen LogP contribution is 2.32. The average Bonchev–Trinajstić information content (AvgIpc) is 2.91. The molecule has 3 aromatic rings. The molecule has 4 rings (SSSR count). The average molecular weight is 412 g/mol. The molecule has 0 saturated heterocycles. The number of fused-ring (bicyclic) bond motifs is 1. The zero-order valence-corrected chi connectivity index (χ0v) is 17.8. The van der Waals surface area contributed by atoms with Gasteiger partial charge < -0.3 is 10.2 Å². The number of aryl methyl sites for hydroxylation is 2. The van der Waals surface area contributed by atoms with Crippen molar-refractivity contribution in [3.05, 3.63) is 89.5 Å². The van der Waals surface area contributed by atoms with Gasteiger partial charge in [0.1, 0.15) is 6.54 Å².